The molecule has 3 aromatic rings. The first-order valence-corrected chi connectivity index (χ1v) is 7.34. The molecule has 0 aliphatic rings. The molecule has 2 heterocycles. The van der Waals surface area contributed by atoms with Crippen molar-refractivity contribution in [2.75, 3.05) is 12.4 Å². The number of hydrogen-bond donors (Lipinski definition) is 1. The number of hydrogen-bond acceptors (Lipinski definition) is 5. The third-order valence-electron chi connectivity index (χ3n) is 3.72. The number of aryl methyl sites for hydroxylation is 1. The summed E-state index contributed by atoms with van der Waals surface area (Å²) in [6.45, 7) is 2.24. The minimum atomic E-state index is -0.356. The van der Waals surface area contributed by atoms with Gasteiger partial charge in [0.15, 0.2) is 0 Å². The van der Waals surface area contributed by atoms with Gasteiger partial charge in [0.25, 0.3) is 0 Å². The maximum Gasteiger partial charge on any atom is 0.212 e. The molecule has 6 heteroatoms. The fourth-order valence-corrected chi connectivity index (χ4v) is 2.54. The second-order valence-electron chi connectivity index (χ2n) is 5.34. The van der Waals surface area contributed by atoms with Crippen LogP contribution < -0.4 is 10.1 Å². The molecule has 24 heavy (non-hydrogen) atoms. The number of nitriles is 1. The van der Waals surface area contributed by atoms with Crippen LogP contribution >= 0.6 is 0 Å². The number of nitrogens with zero attached hydrogens (tertiary/aromatic N) is 3. The van der Waals surface area contributed by atoms with Gasteiger partial charge in [-0.1, -0.05) is 6.07 Å². The summed E-state index contributed by atoms with van der Waals surface area (Å²) in [6, 6.07) is 8.56. The van der Waals surface area contributed by atoms with Crippen molar-refractivity contribution < 1.29 is 9.13 Å². The lowest BCUT2D eigenvalue weighted by Gasteiger charge is -2.13. The number of aromatic nitrogens is 2. The summed E-state index contributed by atoms with van der Waals surface area (Å²) in [4.78, 5) is 8.42. The number of rotatable bonds is 4. The highest BCUT2D eigenvalue weighted by atomic mass is 19.1. The van der Waals surface area contributed by atoms with Crippen LogP contribution in [-0.2, 0) is 6.54 Å². The van der Waals surface area contributed by atoms with Crippen molar-refractivity contribution in [1.82, 2.24) is 9.97 Å². The van der Waals surface area contributed by atoms with Gasteiger partial charge >= 0.3 is 0 Å². The number of nitrogens with one attached hydrogen (secondary N) is 1. The fraction of sp³-hybridized carbons (Fsp3) is 0.167. The van der Waals surface area contributed by atoms with Gasteiger partial charge in [-0.3, -0.25) is 4.98 Å². The Morgan fingerprint density at radius 1 is 1.25 bits per heavy atom. The lowest BCUT2D eigenvalue weighted by Crippen LogP contribution is -2.04. The van der Waals surface area contributed by atoms with E-state index in [-0.39, 0.29) is 5.82 Å². The molecule has 0 fully saturated rings. The van der Waals surface area contributed by atoms with Crippen molar-refractivity contribution in [3.63, 3.8) is 0 Å². The van der Waals surface area contributed by atoms with E-state index >= 15 is 0 Å². The largest absolute Gasteiger partial charge is 0.481 e. The first-order chi connectivity index (χ1) is 11.6. The topological polar surface area (TPSA) is 70.8 Å². The molecule has 0 radical (unpaired) electrons. The number of anilines is 1. The van der Waals surface area contributed by atoms with E-state index in [1.54, 1.807) is 26.3 Å². The van der Waals surface area contributed by atoms with Crippen LogP contribution in [0.2, 0.25) is 0 Å². The van der Waals surface area contributed by atoms with Gasteiger partial charge in [-0.2, -0.15) is 5.26 Å². The molecule has 1 N–H and O–H groups in total. The van der Waals surface area contributed by atoms with Gasteiger partial charge in [0, 0.05) is 30.4 Å². The lowest BCUT2D eigenvalue weighted by atomic mass is 10.1. The maximum atomic E-state index is 13.8. The Balaban J connectivity index is 1.99. The molecule has 0 atom stereocenters. The van der Waals surface area contributed by atoms with E-state index in [1.807, 2.05) is 6.07 Å². The van der Waals surface area contributed by atoms with Gasteiger partial charge < -0.3 is 10.1 Å². The van der Waals surface area contributed by atoms with Crippen molar-refractivity contribution >= 4 is 16.6 Å². The van der Waals surface area contributed by atoms with Crippen molar-refractivity contribution in [3.05, 3.63) is 59.2 Å². The molecular weight excluding hydrogens is 307 g/mol. The minimum absolute atomic E-state index is 0.356. The third kappa shape index (κ3) is 2.97. The Hall–Kier alpha value is -3.20. The molecule has 0 aliphatic carbocycles. The van der Waals surface area contributed by atoms with Crippen molar-refractivity contribution in [3.8, 4) is 11.9 Å². The van der Waals surface area contributed by atoms with E-state index in [0.717, 1.165) is 11.1 Å². The number of methoxy groups -OCH3 is 1. The van der Waals surface area contributed by atoms with Crippen LogP contribution in [0.5, 0.6) is 5.88 Å². The second kappa shape index (κ2) is 6.50. The molecule has 3 rings (SSSR count). The predicted octanol–water partition coefficient (Wildman–Crippen LogP) is 3.57. The van der Waals surface area contributed by atoms with E-state index in [4.69, 9.17) is 4.74 Å². The average molecular weight is 322 g/mol. The Kier molecular flexibility index (Phi) is 4.25. The van der Waals surface area contributed by atoms with Crippen LogP contribution in [0.25, 0.3) is 10.9 Å². The molecule has 0 saturated heterocycles. The molecule has 0 saturated carbocycles. The molecular formula is C18H15FN4O. The summed E-state index contributed by atoms with van der Waals surface area (Å²) < 4.78 is 18.8. The van der Waals surface area contributed by atoms with Crippen LogP contribution in [0, 0.1) is 24.1 Å². The number of pyridine rings is 2. The molecule has 1 aromatic carbocycles. The smallest absolute Gasteiger partial charge is 0.212 e. The molecule has 120 valence electrons. The van der Waals surface area contributed by atoms with Gasteiger partial charge in [0.2, 0.25) is 5.88 Å². The van der Waals surface area contributed by atoms with Gasteiger partial charge in [0.1, 0.15) is 11.9 Å². The fourth-order valence-electron chi connectivity index (χ4n) is 2.54. The van der Waals surface area contributed by atoms with Gasteiger partial charge in [-0.05, 0) is 30.2 Å². The Bertz CT molecular complexity index is 932. The predicted molar refractivity (Wildman–Crippen MR) is 89.3 cm³/mol. The van der Waals surface area contributed by atoms with Crippen LogP contribution in [-0.4, -0.2) is 17.1 Å². The van der Waals surface area contributed by atoms with Gasteiger partial charge in [-0.15, -0.1) is 0 Å². The van der Waals surface area contributed by atoms with E-state index in [2.05, 4.69) is 21.4 Å². The molecule has 0 aliphatic heterocycles. The molecule has 0 unspecified atom stereocenters. The number of benzene rings is 1. The van der Waals surface area contributed by atoms with E-state index in [0.29, 0.717) is 34.6 Å². The van der Waals surface area contributed by atoms with E-state index < -0.39 is 0 Å². The molecule has 2 aromatic heterocycles. The summed E-state index contributed by atoms with van der Waals surface area (Å²) >= 11 is 0. The summed E-state index contributed by atoms with van der Waals surface area (Å²) in [5, 5.41) is 13.1. The first kappa shape index (κ1) is 15.7. The quantitative estimate of drug-likeness (QED) is 0.795. The lowest BCUT2D eigenvalue weighted by molar-refractivity contribution is 0.397. The normalized spacial score (nSPS) is 10.4. The summed E-state index contributed by atoms with van der Waals surface area (Å²) in [5.41, 5.74) is 3.25. The number of halogens is 1. The molecule has 0 spiro atoms. The second-order valence-corrected chi connectivity index (χ2v) is 5.34. The summed E-state index contributed by atoms with van der Waals surface area (Å²) in [6.07, 6.45) is 3.19. The van der Waals surface area contributed by atoms with Crippen LogP contribution in [0.15, 0.2) is 36.7 Å². The minimum Gasteiger partial charge on any atom is -0.481 e. The van der Waals surface area contributed by atoms with Crippen LogP contribution in [0.4, 0.5) is 10.1 Å². The number of fused-ring (bicyclic) bond motifs is 1. The molecule has 0 amide bonds. The van der Waals surface area contributed by atoms with Crippen LogP contribution in [0.3, 0.4) is 0 Å². The zero-order valence-corrected chi connectivity index (χ0v) is 13.3. The maximum absolute atomic E-state index is 13.8. The third-order valence-corrected chi connectivity index (χ3v) is 3.72. The highest BCUT2D eigenvalue weighted by molar-refractivity contribution is 5.95. The monoisotopic (exact) mass is 322 g/mol. The first-order valence-electron chi connectivity index (χ1n) is 7.34. The van der Waals surface area contributed by atoms with Crippen LogP contribution in [0.1, 0.15) is 16.7 Å². The Morgan fingerprint density at radius 2 is 2.08 bits per heavy atom. The molecule has 5 nitrogen and oxygen atoms in total. The van der Waals surface area contributed by atoms with Crippen molar-refractivity contribution in [2.45, 2.75) is 13.5 Å². The highest BCUT2D eigenvalue weighted by Crippen LogP contribution is 2.29. The van der Waals surface area contributed by atoms with E-state index in [9.17, 15) is 9.65 Å². The summed E-state index contributed by atoms with van der Waals surface area (Å²) in [5.74, 6) is 0.176. The van der Waals surface area contributed by atoms with Gasteiger partial charge in [-0.25, -0.2) is 9.37 Å². The Labute approximate surface area is 138 Å². The average Bonchev–Trinajstić information content (AvgIpc) is 2.60. The van der Waals surface area contributed by atoms with Crippen molar-refractivity contribution in [2.24, 2.45) is 0 Å². The molecule has 0 bridgehead atoms. The summed E-state index contributed by atoms with van der Waals surface area (Å²) in [7, 11) is 1.55. The zero-order chi connectivity index (χ0) is 17.1. The zero-order valence-electron chi connectivity index (χ0n) is 13.3. The van der Waals surface area contributed by atoms with Gasteiger partial charge in [0.05, 0.1) is 23.9 Å². The van der Waals surface area contributed by atoms with Crippen molar-refractivity contribution in [1.29, 1.82) is 5.26 Å². The van der Waals surface area contributed by atoms with E-state index in [1.165, 1.54) is 18.3 Å². The number of ether oxygens (including phenoxy) is 1. The Morgan fingerprint density at radius 3 is 2.75 bits per heavy atom. The highest BCUT2D eigenvalue weighted by Gasteiger charge is 2.12. The standard InChI is InChI=1S/C18H15FN4O/c1-11-5-14(19)6-15-17(11)23-10-13(7-20)18(15)22-9-12-3-4-16(24-2)21-8-12/h3-6,8,10H,9H2,1-2H3,(H,22,23). The SMILES string of the molecule is COc1ccc(CNc2c(C#N)cnc3c(C)cc(F)cc23)cn1.